The summed E-state index contributed by atoms with van der Waals surface area (Å²) in [7, 11) is 0. The third kappa shape index (κ3) is 4.50. The van der Waals surface area contributed by atoms with Crippen LogP contribution in [0.5, 0.6) is 0 Å². The first-order valence-corrected chi connectivity index (χ1v) is 10.6. The number of hydrogen-bond donors (Lipinski definition) is 1. The van der Waals surface area contributed by atoms with E-state index in [0.717, 1.165) is 43.4 Å². The fraction of sp³-hybridized carbons (Fsp3) is 0.500. The predicted molar refractivity (Wildman–Crippen MR) is 115 cm³/mol. The Labute approximate surface area is 172 Å². The number of carbonyl (C=O) groups is 1. The number of hydrogen-bond acceptors (Lipinski definition) is 6. The molecule has 2 fully saturated rings. The van der Waals surface area contributed by atoms with E-state index in [0.29, 0.717) is 24.8 Å². The minimum Gasteiger partial charge on any atom is -0.378 e. The maximum atomic E-state index is 12.8. The van der Waals surface area contributed by atoms with Crippen LogP contribution in [-0.4, -0.2) is 54.8 Å². The summed E-state index contributed by atoms with van der Waals surface area (Å²) in [5.41, 5.74) is 2.28. The fourth-order valence-corrected chi connectivity index (χ4v) is 4.13. The van der Waals surface area contributed by atoms with E-state index in [9.17, 15) is 4.79 Å². The Morgan fingerprint density at radius 3 is 2.66 bits per heavy atom. The Morgan fingerprint density at radius 1 is 1.14 bits per heavy atom. The summed E-state index contributed by atoms with van der Waals surface area (Å²) in [6.07, 6.45) is 7.97. The number of para-hydroxylation sites is 2. The van der Waals surface area contributed by atoms with Gasteiger partial charge in [-0.25, -0.2) is 9.97 Å². The van der Waals surface area contributed by atoms with Crippen molar-refractivity contribution in [1.82, 2.24) is 9.97 Å². The van der Waals surface area contributed by atoms with Crippen LogP contribution in [0.4, 0.5) is 17.3 Å². The summed E-state index contributed by atoms with van der Waals surface area (Å²) in [6, 6.07) is 8.37. The summed E-state index contributed by atoms with van der Waals surface area (Å²) in [6.45, 7) is 6.23. The number of aromatic nitrogens is 2. The first kappa shape index (κ1) is 19.6. The molecule has 2 aliphatic rings. The molecule has 2 saturated heterocycles. The van der Waals surface area contributed by atoms with Crippen LogP contribution in [-0.2, 0) is 4.74 Å². The average molecular weight is 396 g/mol. The van der Waals surface area contributed by atoms with Gasteiger partial charge in [0.05, 0.1) is 30.2 Å². The minimum atomic E-state index is -0.192. The third-order valence-corrected chi connectivity index (χ3v) is 5.76. The van der Waals surface area contributed by atoms with Crippen molar-refractivity contribution in [3.63, 3.8) is 0 Å². The third-order valence-electron chi connectivity index (χ3n) is 5.76. The smallest absolute Gasteiger partial charge is 0.258 e. The van der Waals surface area contributed by atoms with Crippen LogP contribution in [0.25, 0.3) is 0 Å². The molecule has 7 heteroatoms. The van der Waals surface area contributed by atoms with Gasteiger partial charge < -0.3 is 19.9 Å². The van der Waals surface area contributed by atoms with Crippen LogP contribution < -0.4 is 15.1 Å². The Hall–Kier alpha value is -2.67. The standard InChI is InChI=1S/C22H29N5O2/c1-2-18-7-5-6-10-27(18)22-23-15-17(16-24-22)21(28)25-19-8-3-4-9-20(19)26-11-13-29-14-12-26/h3-4,8-9,15-16,18H,2,5-7,10-14H2,1H3,(H,25,28). The summed E-state index contributed by atoms with van der Waals surface area (Å²) in [5.74, 6) is 0.532. The largest absolute Gasteiger partial charge is 0.378 e. The van der Waals surface area contributed by atoms with Crippen LogP contribution in [0.2, 0.25) is 0 Å². The summed E-state index contributed by atoms with van der Waals surface area (Å²) in [5, 5.41) is 3.03. The van der Waals surface area contributed by atoms with Gasteiger partial charge in [0.2, 0.25) is 5.95 Å². The zero-order chi connectivity index (χ0) is 20.1. The molecule has 0 saturated carbocycles. The molecule has 1 amide bonds. The lowest BCUT2D eigenvalue weighted by Crippen LogP contribution is -2.40. The summed E-state index contributed by atoms with van der Waals surface area (Å²) in [4.78, 5) is 26.3. The van der Waals surface area contributed by atoms with Crippen molar-refractivity contribution in [2.45, 2.75) is 38.6 Å². The maximum Gasteiger partial charge on any atom is 0.258 e. The maximum absolute atomic E-state index is 12.8. The highest BCUT2D eigenvalue weighted by Gasteiger charge is 2.23. The van der Waals surface area contributed by atoms with Gasteiger partial charge in [0.1, 0.15) is 0 Å². The molecule has 1 aromatic heterocycles. The minimum absolute atomic E-state index is 0.192. The monoisotopic (exact) mass is 395 g/mol. The predicted octanol–water partition coefficient (Wildman–Crippen LogP) is 3.33. The fourth-order valence-electron chi connectivity index (χ4n) is 4.13. The second kappa shape index (κ2) is 9.22. The highest BCUT2D eigenvalue weighted by Crippen LogP contribution is 2.27. The quantitative estimate of drug-likeness (QED) is 0.837. The molecule has 0 bridgehead atoms. The van der Waals surface area contributed by atoms with Gasteiger partial charge in [-0.15, -0.1) is 0 Å². The number of carbonyl (C=O) groups excluding carboxylic acids is 1. The van der Waals surface area contributed by atoms with E-state index in [1.165, 1.54) is 19.3 Å². The van der Waals surface area contributed by atoms with Crippen molar-refractivity contribution in [3.05, 3.63) is 42.2 Å². The molecule has 4 rings (SSSR count). The SMILES string of the molecule is CCC1CCCCN1c1ncc(C(=O)Nc2ccccc2N2CCOCC2)cn1. The number of ether oxygens (including phenoxy) is 1. The molecule has 1 atom stereocenters. The van der Waals surface area contributed by atoms with Gasteiger partial charge in [-0.1, -0.05) is 19.1 Å². The highest BCUT2D eigenvalue weighted by atomic mass is 16.5. The van der Waals surface area contributed by atoms with E-state index in [4.69, 9.17) is 4.74 Å². The van der Waals surface area contributed by atoms with Gasteiger partial charge in [0.15, 0.2) is 0 Å². The van der Waals surface area contributed by atoms with Crippen molar-refractivity contribution < 1.29 is 9.53 Å². The van der Waals surface area contributed by atoms with Crippen molar-refractivity contribution >= 4 is 23.2 Å². The van der Waals surface area contributed by atoms with E-state index >= 15 is 0 Å². The Kier molecular flexibility index (Phi) is 6.24. The first-order chi connectivity index (χ1) is 14.3. The van der Waals surface area contributed by atoms with E-state index in [1.54, 1.807) is 12.4 Å². The van der Waals surface area contributed by atoms with Crippen LogP contribution in [0.3, 0.4) is 0 Å². The zero-order valence-corrected chi connectivity index (χ0v) is 17.0. The lowest BCUT2D eigenvalue weighted by atomic mass is 10.0. The molecule has 3 heterocycles. The molecule has 0 spiro atoms. The second-order valence-electron chi connectivity index (χ2n) is 7.59. The second-order valence-corrected chi connectivity index (χ2v) is 7.59. The lowest BCUT2D eigenvalue weighted by molar-refractivity contribution is 0.102. The van der Waals surface area contributed by atoms with Crippen molar-refractivity contribution in [3.8, 4) is 0 Å². The number of anilines is 3. The Morgan fingerprint density at radius 2 is 1.90 bits per heavy atom. The Balaban J connectivity index is 1.47. The Bertz CT molecular complexity index is 820. The van der Waals surface area contributed by atoms with E-state index in [2.05, 4.69) is 32.0 Å². The van der Waals surface area contributed by atoms with Gasteiger partial charge in [0, 0.05) is 38.1 Å². The van der Waals surface area contributed by atoms with Crippen LogP contribution in [0.15, 0.2) is 36.7 Å². The molecule has 2 aliphatic heterocycles. The molecular formula is C22H29N5O2. The zero-order valence-electron chi connectivity index (χ0n) is 17.0. The van der Waals surface area contributed by atoms with Crippen molar-refractivity contribution in [1.29, 1.82) is 0 Å². The highest BCUT2D eigenvalue weighted by molar-refractivity contribution is 6.05. The lowest BCUT2D eigenvalue weighted by Gasteiger charge is -2.35. The van der Waals surface area contributed by atoms with Gasteiger partial charge in [0.25, 0.3) is 5.91 Å². The number of amides is 1. The molecular weight excluding hydrogens is 366 g/mol. The number of nitrogens with zero attached hydrogens (tertiary/aromatic N) is 4. The molecule has 154 valence electrons. The molecule has 1 unspecified atom stereocenters. The van der Waals surface area contributed by atoms with E-state index in [1.807, 2.05) is 24.3 Å². The first-order valence-electron chi connectivity index (χ1n) is 10.6. The molecule has 1 aromatic carbocycles. The molecule has 2 aromatic rings. The van der Waals surface area contributed by atoms with Gasteiger partial charge in [-0.05, 0) is 37.8 Å². The molecule has 0 aliphatic carbocycles. The van der Waals surface area contributed by atoms with E-state index in [-0.39, 0.29) is 5.91 Å². The number of rotatable bonds is 5. The number of piperidine rings is 1. The van der Waals surface area contributed by atoms with Crippen LogP contribution in [0.1, 0.15) is 43.0 Å². The number of morpholine rings is 1. The summed E-state index contributed by atoms with van der Waals surface area (Å²) < 4.78 is 5.44. The van der Waals surface area contributed by atoms with Crippen molar-refractivity contribution in [2.24, 2.45) is 0 Å². The summed E-state index contributed by atoms with van der Waals surface area (Å²) >= 11 is 0. The normalized spacial score (nSPS) is 19.8. The molecule has 7 nitrogen and oxygen atoms in total. The number of benzene rings is 1. The molecule has 0 radical (unpaired) electrons. The topological polar surface area (TPSA) is 70.6 Å². The van der Waals surface area contributed by atoms with Gasteiger partial charge >= 0.3 is 0 Å². The molecule has 1 N–H and O–H groups in total. The average Bonchev–Trinajstić information content (AvgIpc) is 2.80. The molecule has 29 heavy (non-hydrogen) atoms. The van der Waals surface area contributed by atoms with Crippen LogP contribution in [0, 0.1) is 0 Å². The number of nitrogens with one attached hydrogen (secondary N) is 1. The van der Waals surface area contributed by atoms with Gasteiger partial charge in [-0.3, -0.25) is 4.79 Å². The van der Waals surface area contributed by atoms with Crippen LogP contribution >= 0.6 is 0 Å². The van der Waals surface area contributed by atoms with Gasteiger partial charge in [-0.2, -0.15) is 0 Å². The van der Waals surface area contributed by atoms with Crippen molar-refractivity contribution in [2.75, 3.05) is 48.0 Å². The van der Waals surface area contributed by atoms with E-state index < -0.39 is 0 Å².